The summed E-state index contributed by atoms with van der Waals surface area (Å²) in [6.45, 7) is 4.35. The van der Waals surface area contributed by atoms with Crippen molar-refractivity contribution in [3.8, 4) is 0 Å². The van der Waals surface area contributed by atoms with Gasteiger partial charge in [-0.3, -0.25) is 0 Å². The van der Waals surface area contributed by atoms with E-state index in [0.29, 0.717) is 6.04 Å². The van der Waals surface area contributed by atoms with E-state index in [1.807, 2.05) is 0 Å². The van der Waals surface area contributed by atoms with Crippen LogP contribution in [0, 0.1) is 6.92 Å². The van der Waals surface area contributed by atoms with Crippen LogP contribution in [0.15, 0.2) is 18.2 Å². The summed E-state index contributed by atoms with van der Waals surface area (Å²) in [5, 5.41) is 1.27. The lowest BCUT2D eigenvalue weighted by molar-refractivity contribution is 0.315. The normalized spacial score (nSPS) is 20.2. The molecule has 3 rings (SSSR count). The Kier molecular flexibility index (Phi) is 2.99. The third-order valence-corrected chi connectivity index (χ3v) is 4.67. The Hall–Kier alpha value is -1.13. The van der Waals surface area contributed by atoms with Crippen LogP contribution in [0.2, 0.25) is 0 Å². The lowest BCUT2D eigenvalue weighted by Crippen LogP contribution is -2.31. The van der Waals surface area contributed by atoms with Crippen molar-refractivity contribution in [1.82, 2.24) is 9.88 Å². The molecule has 0 radical (unpaired) electrons. The number of aromatic nitrogens is 1. The van der Waals surface area contributed by atoms with Crippen molar-refractivity contribution in [2.24, 2.45) is 0 Å². The number of pyridine rings is 1. The summed E-state index contributed by atoms with van der Waals surface area (Å²) >= 11 is 1.78. The number of rotatable bonds is 2. The fraction of sp³-hybridized carbons (Fsp3) is 0.500. The van der Waals surface area contributed by atoms with Gasteiger partial charge in [0.25, 0.3) is 0 Å². The fourth-order valence-electron chi connectivity index (χ4n) is 2.58. The van der Waals surface area contributed by atoms with Gasteiger partial charge in [-0.05, 0) is 45.6 Å². The summed E-state index contributed by atoms with van der Waals surface area (Å²) in [5.74, 6) is 1.13. The minimum atomic E-state index is 0.660. The molecule has 1 unspecified atom stereocenters. The van der Waals surface area contributed by atoms with Crippen LogP contribution >= 0.6 is 11.3 Å². The summed E-state index contributed by atoms with van der Waals surface area (Å²) in [5.41, 5.74) is 0. The van der Waals surface area contributed by atoms with Crippen molar-refractivity contribution in [2.45, 2.75) is 19.4 Å². The Labute approximate surface area is 112 Å². The van der Waals surface area contributed by atoms with Crippen LogP contribution < -0.4 is 4.90 Å². The third-order valence-electron chi connectivity index (χ3n) is 3.71. The van der Waals surface area contributed by atoms with Gasteiger partial charge < -0.3 is 9.80 Å². The zero-order valence-corrected chi connectivity index (χ0v) is 12.0. The van der Waals surface area contributed by atoms with Gasteiger partial charge >= 0.3 is 0 Å². The number of anilines is 1. The van der Waals surface area contributed by atoms with Gasteiger partial charge in [-0.2, -0.15) is 0 Å². The second kappa shape index (κ2) is 4.52. The second-order valence-electron chi connectivity index (χ2n) is 5.27. The van der Waals surface area contributed by atoms with Crippen LogP contribution in [0.3, 0.4) is 0 Å². The van der Waals surface area contributed by atoms with Crippen LogP contribution in [-0.2, 0) is 0 Å². The van der Waals surface area contributed by atoms with Gasteiger partial charge in [-0.25, -0.2) is 4.98 Å². The molecule has 0 spiro atoms. The van der Waals surface area contributed by atoms with Gasteiger partial charge in [-0.1, -0.05) is 0 Å². The summed E-state index contributed by atoms with van der Waals surface area (Å²) in [6, 6.07) is 7.23. The molecule has 0 saturated carbocycles. The molecule has 1 fully saturated rings. The number of fused-ring (bicyclic) bond motifs is 1. The van der Waals surface area contributed by atoms with E-state index in [-0.39, 0.29) is 0 Å². The second-order valence-corrected chi connectivity index (χ2v) is 6.51. The van der Waals surface area contributed by atoms with Gasteiger partial charge in [0.05, 0.1) is 0 Å². The lowest BCUT2D eigenvalue weighted by atomic mass is 10.2. The monoisotopic (exact) mass is 261 g/mol. The molecule has 0 bridgehead atoms. The van der Waals surface area contributed by atoms with Crippen molar-refractivity contribution < 1.29 is 0 Å². The molecular weight excluding hydrogens is 242 g/mol. The highest BCUT2D eigenvalue weighted by molar-refractivity contribution is 7.18. The largest absolute Gasteiger partial charge is 0.355 e. The SMILES string of the molecule is Cc1cc2ccc(N3CCC(N(C)C)C3)nc2s1. The molecule has 0 amide bonds. The van der Waals surface area contributed by atoms with Crippen molar-refractivity contribution in [1.29, 1.82) is 0 Å². The first-order valence-corrected chi connectivity index (χ1v) is 7.24. The van der Waals surface area contributed by atoms with E-state index in [1.165, 1.54) is 21.5 Å². The van der Waals surface area contributed by atoms with E-state index in [4.69, 9.17) is 4.98 Å². The number of thiophene rings is 1. The molecule has 3 heterocycles. The van der Waals surface area contributed by atoms with E-state index in [0.717, 1.165) is 18.9 Å². The number of nitrogens with zero attached hydrogens (tertiary/aromatic N) is 3. The highest BCUT2D eigenvalue weighted by Gasteiger charge is 2.24. The first-order chi connectivity index (χ1) is 8.63. The van der Waals surface area contributed by atoms with E-state index in [2.05, 4.69) is 49.0 Å². The highest BCUT2D eigenvalue weighted by atomic mass is 32.1. The molecule has 1 saturated heterocycles. The molecule has 2 aromatic rings. The molecule has 96 valence electrons. The molecule has 1 aliphatic heterocycles. The Bertz CT molecular complexity index is 561. The van der Waals surface area contributed by atoms with E-state index in [1.54, 1.807) is 11.3 Å². The molecular formula is C14H19N3S. The van der Waals surface area contributed by atoms with Crippen LogP contribution in [0.5, 0.6) is 0 Å². The van der Waals surface area contributed by atoms with Gasteiger partial charge in [-0.15, -0.1) is 11.3 Å². The third kappa shape index (κ3) is 2.10. The van der Waals surface area contributed by atoms with Crippen LogP contribution in [-0.4, -0.2) is 43.1 Å². The molecule has 0 aliphatic carbocycles. The van der Waals surface area contributed by atoms with E-state index >= 15 is 0 Å². The Morgan fingerprint density at radius 2 is 2.22 bits per heavy atom. The van der Waals surface area contributed by atoms with Crippen molar-refractivity contribution in [2.75, 3.05) is 32.1 Å². The molecule has 18 heavy (non-hydrogen) atoms. The van der Waals surface area contributed by atoms with Gasteiger partial charge in [0.2, 0.25) is 0 Å². The van der Waals surface area contributed by atoms with Crippen LogP contribution in [0.1, 0.15) is 11.3 Å². The quantitative estimate of drug-likeness (QED) is 0.828. The topological polar surface area (TPSA) is 19.4 Å². The molecule has 2 aromatic heterocycles. The van der Waals surface area contributed by atoms with Crippen molar-refractivity contribution >= 4 is 27.4 Å². The molecule has 4 heteroatoms. The maximum atomic E-state index is 4.80. The van der Waals surface area contributed by atoms with Crippen molar-refractivity contribution in [3.63, 3.8) is 0 Å². The van der Waals surface area contributed by atoms with E-state index < -0.39 is 0 Å². The van der Waals surface area contributed by atoms with Gasteiger partial charge in [0.15, 0.2) is 0 Å². The molecule has 0 N–H and O–H groups in total. The number of hydrogen-bond acceptors (Lipinski definition) is 4. The van der Waals surface area contributed by atoms with Gasteiger partial charge in [0.1, 0.15) is 10.6 Å². The molecule has 1 atom stereocenters. The fourth-order valence-corrected chi connectivity index (χ4v) is 3.46. The zero-order valence-electron chi connectivity index (χ0n) is 11.2. The first kappa shape index (κ1) is 11.9. The predicted octanol–water partition coefficient (Wildman–Crippen LogP) is 2.75. The minimum absolute atomic E-state index is 0.660. The van der Waals surface area contributed by atoms with E-state index in [9.17, 15) is 0 Å². The van der Waals surface area contributed by atoms with Crippen LogP contribution in [0.25, 0.3) is 10.2 Å². The van der Waals surface area contributed by atoms with Crippen molar-refractivity contribution in [3.05, 3.63) is 23.1 Å². The predicted molar refractivity (Wildman–Crippen MR) is 78.7 cm³/mol. The Morgan fingerprint density at radius 1 is 1.39 bits per heavy atom. The maximum Gasteiger partial charge on any atom is 0.130 e. The summed E-state index contributed by atoms with van der Waals surface area (Å²) in [4.78, 5) is 12.0. The summed E-state index contributed by atoms with van der Waals surface area (Å²) in [6.07, 6.45) is 1.23. The standard InChI is InChI=1S/C14H19N3S/c1-10-8-11-4-5-13(15-14(11)18-10)17-7-6-12(9-17)16(2)3/h4-5,8,12H,6-7,9H2,1-3H3. The maximum absolute atomic E-state index is 4.80. The number of likely N-dealkylation sites (N-methyl/N-ethyl adjacent to an activating group) is 1. The first-order valence-electron chi connectivity index (χ1n) is 6.42. The molecule has 0 aromatic carbocycles. The smallest absolute Gasteiger partial charge is 0.130 e. The summed E-state index contributed by atoms with van der Waals surface area (Å²) < 4.78 is 0. The Morgan fingerprint density at radius 3 is 2.94 bits per heavy atom. The molecule has 3 nitrogen and oxygen atoms in total. The number of aryl methyl sites for hydroxylation is 1. The average molecular weight is 261 g/mol. The lowest BCUT2D eigenvalue weighted by Gasteiger charge is -2.21. The Balaban J connectivity index is 1.86. The molecule has 1 aliphatic rings. The average Bonchev–Trinajstić information content (AvgIpc) is 2.91. The van der Waals surface area contributed by atoms with Gasteiger partial charge in [0, 0.05) is 29.4 Å². The zero-order chi connectivity index (χ0) is 12.7. The van der Waals surface area contributed by atoms with Crippen LogP contribution in [0.4, 0.5) is 5.82 Å². The summed E-state index contributed by atoms with van der Waals surface area (Å²) in [7, 11) is 4.32. The minimum Gasteiger partial charge on any atom is -0.355 e. The highest BCUT2D eigenvalue weighted by Crippen LogP contribution is 2.27. The number of hydrogen-bond donors (Lipinski definition) is 0.